The Hall–Kier alpha value is -2.38. The Kier molecular flexibility index (Phi) is 5.94. The van der Waals surface area contributed by atoms with E-state index in [0.717, 1.165) is 4.57 Å². The molecule has 0 saturated heterocycles. The van der Waals surface area contributed by atoms with Gasteiger partial charge in [-0.1, -0.05) is 18.5 Å². The van der Waals surface area contributed by atoms with E-state index in [9.17, 15) is 14.7 Å². The van der Waals surface area contributed by atoms with Crippen molar-refractivity contribution in [3.05, 3.63) is 55.7 Å². The van der Waals surface area contributed by atoms with Crippen molar-refractivity contribution < 1.29 is 10.2 Å². The van der Waals surface area contributed by atoms with E-state index in [0.29, 0.717) is 35.8 Å². The van der Waals surface area contributed by atoms with Crippen LogP contribution in [-0.2, 0) is 0 Å². The second-order valence-corrected chi connectivity index (χ2v) is 5.47. The molecule has 0 amide bonds. The molecule has 2 rings (SSSR count). The van der Waals surface area contributed by atoms with Crippen LogP contribution in [0.4, 0.5) is 0 Å². The van der Waals surface area contributed by atoms with E-state index in [1.165, 1.54) is 0 Å². The lowest BCUT2D eigenvalue weighted by atomic mass is 10.1. The maximum Gasteiger partial charge on any atom is 0.335 e. The summed E-state index contributed by atoms with van der Waals surface area (Å²) in [5.41, 5.74) is -0.776. The predicted molar refractivity (Wildman–Crippen MR) is 92.7 cm³/mol. The molecule has 2 aromatic rings. The van der Waals surface area contributed by atoms with Crippen LogP contribution in [0.2, 0.25) is 5.02 Å². The molecule has 0 unspecified atom stereocenters. The van der Waals surface area contributed by atoms with Gasteiger partial charge in [-0.25, -0.2) is 9.36 Å². The molecule has 0 aliphatic rings. The molecule has 7 nitrogen and oxygen atoms in total. The largest absolute Gasteiger partial charge is 0.493 e. The zero-order chi connectivity index (χ0) is 17.7. The maximum atomic E-state index is 12.2. The van der Waals surface area contributed by atoms with Gasteiger partial charge in [-0.05, 0) is 37.1 Å². The number of hydrogen-bond donors (Lipinski definition) is 3. The average molecular weight is 352 g/mol. The van der Waals surface area contributed by atoms with Gasteiger partial charge in [0, 0.05) is 18.2 Å². The highest BCUT2D eigenvalue weighted by Crippen LogP contribution is 2.19. The molecule has 0 fully saturated rings. The number of rotatable bonds is 6. The molecular formula is C16H18ClN3O4. The van der Waals surface area contributed by atoms with Crippen molar-refractivity contribution in [3.63, 3.8) is 0 Å². The fourth-order valence-electron chi connectivity index (χ4n) is 2.27. The van der Waals surface area contributed by atoms with Crippen LogP contribution in [0.3, 0.4) is 0 Å². The first-order valence-electron chi connectivity index (χ1n) is 7.48. The maximum absolute atomic E-state index is 12.2. The summed E-state index contributed by atoms with van der Waals surface area (Å²) in [6, 6.07) is 6.26. The van der Waals surface area contributed by atoms with E-state index in [1.54, 1.807) is 31.2 Å². The molecule has 0 aliphatic heterocycles. The number of aliphatic hydroxyl groups is 1. The van der Waals surface area contributed by atoms with Gasteiger partial charge in [0.25, 0.3) is 5.56 Å². The third kappa shape index (κ3) is 3.74. The number of benzene rings is 1. The molecule has 0 aliphatic carbocycles. The molecule has 0 spiro atoms. The molecule has 1 aromatic heterocycles. The number of hydrogen-bond acceptors (Lipinski definition) is 5. The number of aliphatic imine (C=N–C) groups is 1. The topological polar surface area (TPSA) is 108 Å². The SMILES string of the molecule is CCC(=NCCCO)c1c(O)n(-c2ccc(Cl)cc2)c(=O)[nH]c1=O. The monoisotopic (exact) mass is 351 g/mol. The van der Waals surface area contributed by atoms with Gasteiger partial charge in [0.15, 0.2) is 0 Å². The van der Waals surface area contributed by atoms with Crippen LogP contribution in [0.25, 0.3) is 5.69 Å². The highest BCUT2D eigenvalue weighted by molar-refractivity contribution is 6.30. The van der Waals surface area contributed by atoms with E-state index in [2.05, 4.69) is 9.98 Å². The predicted octanol–water partition coefficient (Wildman–Crippen LogP) is 1.47. The minimum absolute atomic E-state index is 0.0207. The Balaban J connectivity index is 2.64. The number of halogens is 1. The van der Waals surface area contributed by atoms with Gasteiger partial charge in [0.05, 0.1) is 11.4 Å². The Morgan fingerprint density at radius 3 is 2.54 bits per heavy atom. The molecule has 3 N–H and O–H groups in total. The van der Waals surface area contributed by atoms with E-state index in [1.807, 2.05) is 0 Å². The van der Waals surface area contributed by atoms with Crippen LogP contribution >= 0.6 is 11.6 Å². The normalized spacial score (nSPS) is 11.7. The van der Waals surface area contributed by atoms with Crippen molar-refractivity contribution in [1.82, 2.24) is 9.55 Å². The Bertz CT molecular complexity index is 853. The molecule has 1 aromatic carbocycles. The summed E-state index contributed by atoms with van der Waals surface area (Å²) >= 11 is 5.83. The molecule has 1 heterocycles. The van der Waals surface area contributed by atoms with Crippen LogP contribution < -0.4 is 11.2 Å². The van der Waals surface area contributed by atoms with Crippen molar-refractivity contribution in [1.29, 1.82) is 0 Å². The lowest BCUT2D eigenvalue weighted by Gasteiger charge is -2.12. The third-order valence-electron chi connectivity index (χ3n) is 3.41. The van der Waals surface area contributed by atoms with Crippen LogP contribution in [0.15, 0.2) is 38.8 Å². The molecule has 128 valence electrons. The molecule has 0 bridgehead atoms. The van der Waals surface area contributed by atoms with Crippen LogP contribution in [0, 0.1) is 0 Å². The quantitative estimate of drug-likeness (QED) is 0.541. The number of nitrogens with one attached hydrogen (secondary N) is 1. The molecule has 0 atom stereocenters. The second kappa shape index (κ2) is 7.94. The molecule has 24 heavy (non-hydrogen) atoms. The molecular weight excluding hydrogens is 334 g/mol. The first kappa shape index (κ1) is 18.0. The lowest BCUT2D eigenvalue weighted by Crippen LogP contribution is -2.33. The number of nitrogens with zero attached hydrogens (tertiary/aromatic N) is 2. The Labute approximate surface area is 142 Å². The van der Waals surface area contributed by atoms with Crippen LogP contribution in [0.1, 0.15) is 25.3 Å². The molecule has 0 saturated carbocycles. The molecule has 0 radical (unpaired) electrons. The minimum atomic E-state index is -0.755. The number of aromatic amines is 1. The zero-order valence-corrected chi connectivity index (χ0v) is 13.9. The number of H-pyrrole nitrogens is 1. The van der Waals surface area contributed by atoms with Crippen LogP contribution in [-0.4, -0.2) is 38.6 Å². The summed E-state index contributed by atoms with van der Waals surface area (Å²) in [5, 5.41) is 19.8. The van der Waals surface area contributed by atoms with Gasteiger partial charge in [0.2, 0.25) is 5.88 Å². The lowest BCUT2D eigenvalue weighted by molar-refractivity contribution is 0.291. The Morgan fingerprint density at radius 1 is 1.29 bits per heavy atom. The first-order chi connectivity index (χ1) is 11.5. The third-order valence-corrected chi connectivity index (χ3v) is 3.67. The number of aromatic hydroxyl groups is 1. The van der Waals surface area contributed by atoms with Crippen molar-refractivity contribution in [2.75, 3.05) is 13.2 Å². The highest BCUT2D eigenvalue weighted by atomic mass is 35.5. The fraction of sp³-hybridized carbons (Fsp3) is 0.312. The van der Waals surface area contributed by atoms with E-state index < -0.39 is 17.1 Å². The second-order valence-electron chi connectivity index (χ2n) is 5.03. The summed E-state index contributed by atoms with van der Waals surface area (Å²) in [5.74, 6) is -0.476. The summed E-state index contributed by atoms with van der Waals surface area (Å²) in [7, 11) is 0. The summed E-state index contributed by atoms with van der Waals surface area (Å²) in [4.78, 5) is 30.7. The summed E-state index contributed by atoms with van der Waals surface area (Å²) < 4.78 is 0.990. The van der Waals surface area contributed by atoms with Crippen molar-refractivity contribution in [3.8, 4) is 11.6 Å². The Morgan fingerprint density at radius 2 is 1.96 bits per heavy atom. The van der Waals surface area contributed by atoms with Crippen molar-refractivity contribution in [2.24, 2.45) is 4.99 Å². The van der Waals surface area contributed by atoms with Gasteiger partial charge in [-0.3, -0.25) is 14.8 Å². The average Bonchev–Trinajstić information content (AvgIpc) is 2.55. The summed E-state index contributed by atoms with van der Waals surface area (Å²) in [6.45, 7) is 2.08. The summed E-state index contributed by atoms with van der Waals surface area (Å²) in [6.07, 6.45) is 0.833. The van der Waals surface area contributed by atoms with E-state index in [4.69, 9.17) is 16.7 Å². The standard InChI is InChI=1S/C16H18ClN3O4/c1-2-12(18-8-3-9-21)13-14(22)19-16(24)20(15(13)23)11-6-4-10(17)5-7-11/h4-7,21,23H,2-3,8-9H2,1H3,(H,19,22,24). The fourth-order valence-corrected chi connectivity index (χ4v) is 2.39. The van der Waals surface area contributed by atoms with Gasteiger partial charge in [0.1, 0.15) is 5.56 Å². The minimum Gasteiger partial charge on any atom is -0.493 e. The van der Waals surface area contributed by atoms with Gasteiger partial charge in [-0.2, -0.15) is 0 Å². The van der Waals surface area contributed by atoms with Crippen molar-refractivity contribution >= 4 is 17.3 Å². The molecule has 8 heteroatoms. The number of aromatic nitrogens is 2. The van der Waals surface area contributed by atoms with Gasteiger partial charge >= 0.3 is 5.69 Å². The van der Waals surface area contributed by atoms with E-state index >= 15 is 0 Å². The highest BCUT2D eigenvalue weighted by Gasteiger charge is 2.19. The number of aliphatic hydroxyl groups excluding tert-OH is 1. The van der Waals surface area contributed by atoms with Crippen LogP contribution in [0.5, 0.6) is 5.88 Å². The van der Waals surface area contributed by atoms with Crippen molar-refractivity contribution in [2.45, 2.75) is 19.8 Å². The van der Waals surface area contributed by atoms with Gasteiger partial charge < -0.3 is 10.2 Å². The van der Waals surface area contributed by atoms with Gasteiger partial charge in [-0.15, -0.1) is 0 Å². The zero-order valence-electron chi connectivity index (χ0n) is 13.1. The smallest absolute Gasteiger partial charge is 0.335 e. The first-order valence-corrected chi connectivity index (χ1v) is 7.86. The van der Waals surface area contributed by atoms with E-state index in [-0.39, 0.29) is 12.2 Å².